The molecule has 0 radical (unpaired) electrons. The first-order chi connectivity index (χ1) is 15.2. The summed E-state index contributed by atoms with van der Waals surface area (Å²) in [5.41, 5.74) is 7.61. The zero-order valence-corrected chi connectivity index (χ0v) is 20.5. The molecule has 0 aliphatic carbocycles. The van der Waals surface area contributed by atoms with E-state index in [-0.39, 0.29) is 24.0 Å². The van der Waals surface area contributed by atoms with Crippen LogP contribution in [0.2, 0.25) is 0 Å². The van der Waals surface area contributed by atoms with Gasteiger partial charge < -0.3 is 33.3 Å². The van der Waals surface area contributed by atoms with Crippen molar-refractivity contribution in [2.45, 2.75) is 26.2 Å². The van der Waals surface area contributed by atoms with Gasteiger partial charge in [-0.25, -0.2) is 4.57 Å². The van der Waals surface area contributed by atoms with Crippen molar-refractivity contribution in [1.29, 1.82) is 0 Å². The second kappa shape index (κ2) is 9.69. The fourth-order valence-corrected chi connectivity index (χ4v) is 4.16. The summed E-state index contributed by atoms with van der Waals surface area (Å²) < 4.78 is 8.02. The second-order valence-corrected chi connectivity index (χ2v) is 7.89. The van der Waals surface area contributed by atoms with Gasteiger partial charge in [0.2, 0.25) is 5.58 Å². The Bertz CT molecular complexity index is 1290. The Morgan fingerprint density at radius 1 is 1.00 bits per heavy atom. The summed E-state index contributed by atoms with van der Waals surface area (Å²) in [6.07, 6.45) is 9.65. The van der Waals surface area contributed by atoms with E-state index >= 15 is 0 Å². The van der Waals surface area contributed by atoms with Gasteiger partial charge in [0.1, 0.15) is 0 Å². The molecule has 2 aromatic carbocycles. The fourth-order valence-electron chi connectivity index (χ4n) is 4.16. The van der Waals surface area contributed by atoms with Gasteiger partial charge in [0.05, 0.1) is 18.9 Å². The highest BCUT2D eigenvalue weighted by molar-refractivity contribution is 5.97. The molecule has 0 saturated heterocycles. The Balaban J connectivity index is 0.00000245. The average molecular weight is 535 g/mol. The molecule has 0 bridgehead atoms. The highest BCUT2D eigenvalue weighted by Crippen LogP contribution is 2.42. The summed E-state index contributed by atoms with van der Waals surface area (Å²) in [5.74, 6) is 0.626. The molecule has 1 aliphatic rings. The zero-order chi connectivity index (χ0) is 21.2. The average Bonchev–Trinajstić information content (AvgIpc) is 3.22. The number of para-hydroxylation sites is 2. The number of oxazole rings is 1. The lowest BCUT2D eigenvalue weighted by Crippen LogP contribution is -3.00. The lowest BCUT2D eigenvalue weighted by molar-refractivity contribution is -0.646. The predicted molar refractivity (Wildman–Crippen MR) is 126 cm³/mol. The molecular weight excluding hydrogens is 509 g/mol. The van der Waals surface area contributed by atoms with Crippen molar-refractivity contribution in [1.82, 2.24) is 4.98 Å². The molecule has 32 heavy (non-hydrogen) atoms. The molecule has 4 aromatic rings. The van der Waals surface area contributed by atoms with Gasteiger partial charge in [-0.05, 0) is 54.8 Å². The molecule has 0 unspecified atom stereocenters. The molecule has 162 valence electrons. The molecule has 0 atom stereocenters. The van der Waals surface area contributed by atoms with E-state index in [1.807, 2.05) is 29.9 Å². The Morgan fingerprint density at radius 2 is 1.78 bits per heavy atom. The predicted octanol–water partition coefficient (Wildman–Crippen LogP) is 3.42. The summed E-state index contributed by atoms with van der Waals surface area (Å²) in [7, 11) is 1.98. The number of anilines is 2. The molecular formula is C27H26IN3O. The van der Waals surface area contributed by atoms with Crippen LogP contribution in [0.5, 0.6) is 0 Å². The summed E-state index contributed by atoms with van der Waals surface area (Å²) in [4.78, 5) is 7.10. The largest absolute Gasteiger partial charge is 1.00 e. The van der Waals surface area contributed by atoms with Crippen LogP contribution < -0.4 is 33.4 Å². The van der Waals surface area contributed by atoms with E-state index in [1.54, 1.807) is 0 Å². The number of aromatic nitrogens is 2. The first kappa shape index (κ1) is 22.3. The van der Waals surface area contributed by atoms with Crippen molar-refractivity contribution in [2.75, 3.05) is 4.90 Å². The van der Waals surface area contributed by atoms with Gasteiger partial charge in [-0.15, -0.1) is 0 Å². The van der Waals surface area contributed by atoms with Gasteiger partial charge in [0, 0.05) is 28.0 Å². The molecule has 0 spiro atoms. The highest BCUT2D eigenvalue weighted by atomic mass is 127. The van der Waals surface area contributed by atoms with Gasteiger partial charge in [0.25, 0.3) is 0 Å². The first-order valence-electron chi connectivity index (χ1n) is 10.9. The minimum Gasteiger partial charge on any atom is -1.00 e. The van der Waals surface area contributed by atoms with Gasteiger partial charge in [-0.3, -0.25) is 0 Å². The van der Waals surface area contributed by atoms with E-state index in [0.717, 1.165) is 36.1 Å². The summed E-state index contributed by atoms with van der Waals surface area (Å²) in [6.45, 7) is 2.24. The standard InChI is InChI=1S/C27H26N3O.HI/c1-3-4-11-22-18-20(19-26-28-27-25(31-26)16-10-17-29(27)2)23-14-8-9-15-24(23)30(22)21-12-6-5-7-13-21;/h5-10,12-19H,3-4,11H2,1-2H3;1H/q+1;/p-1. The van der Waals surface area contributed by atoms with E-state index < -0.39 is 0 Å². The summed E-state index contributed by atoms with van der Waals surface area (Å²) in [5, 5.41) is 0. The molecule has 5 rings (SSSR count). The Morgan fingerprint density at radius 3 is 2.56 bits per heavy atom. The van der Waals surface area contributed by atoms with Crippen molar-refractivity contribution < 1.29 is 33.0 Å². The van der Waals surface area contributed by atoms with Crippen LogP contribution in [-0.2, 0) is 7.05 Å². The molecule has 0 N–H and O–H groups in total. The first-order valence-corrected chi connectivity index (χ1v) is 10.9. The number of unbranched alkanes of at least 4 members (excludes halogenated alkanes) is 1. The SMILES string of the molecule is CCCCC1=C/C(=C\c2nc3c(ccc[n+]3C)o2)c2ccccc2N1c1ccccc1.[I-]. The van der Waals surface area contributed by atoms with Gasteiger partial charge in [0.15, 0.2) is 0 Å². The lowest BCUT2D eigenvalue weighted by Gasteiger charge is -2.33. The minimum absolute atomic E-state index is 0. The van der Waals surface area contributed by atoms with Gasteiger partial charge in [-0.1, -0.05) is 49.7 Å². The van der Waals surface area contributed by atoms with E-state index in [0.29, 0.717) is 5.89 Å². The number of benzene rings is 2. The van der Waals surface area contributed by atoms with E-state index in [2.05, 4.69) is 78.6 Å². The quantitative estimate of drug-likeness (QED) is 0.290. The molecule has 4 nitrogen and oxygen atoms in total. The molecule has 0 saturated carbocycles. The number of aryl methyl sites for hydroxylation is 1. The number of hydrogen-bond acceptors (Lipinski definition) is 3. The number of rotatable bonds is 5. The van der Waals surface area contributed by atoms with Crippen molar-refractivity contribution >= 4 is 34.3 Å². The maximum atomic E-state index is 6.04. The molecule has 5 heteroatoms. The monoisotopic (exact) mass is 535 g/mol. The molecule has 3 heterocycles. The van der Waals surface area contributed by atoms with Crippen molar-refractivity contribution in [3.05, 3.63) is 96.2 Å². The van der Waals surface area contributed by atoms with Crippen LogP contribution in [0.1, 0.15) is 37.6 Å². The number of pyridine rings is 1. The van der Waals surface area contributed by atoms with Gasteiger partial charge >= 0.3 is 11.5 Å². The number of halogens is 1. The van der Waals surface area contributed by atoms with Crippen molar-refractivity contribution in [2.24, 2.45) is 7.05 Å². The molecule has 1 aliphatic heterocycles. The van der Waals surface area contributed by atoms with Crippen LogP contribution in [0.25, 0.3) is 22.9 Å². The van der Waals surface area contributed by atoms with Crippen molar-refractivity contribution in [3.8, 4) is 0 Å². The number of hydrogen-bond donors (Lipinski definition) is 0. The number of allylic oxidation sites excluding steroid dienone is 3. The van der Waals surface area contributed by atoms with Crippen molar-refractivity contribution in [3.63, 3.8) is 0 Å². The Hall–Kier alpha value is -2.93. The molecule has 2 aromatic heterocycles. The third-order valence-corrected chi connectivity index (χ3v) is 5.69. The van der Waals surface area contributed by atoms with Crippen LogP contribution >= 0.6 is 0 Å². The van der Waals surface area contributed by atoms with Crippen LogP contribution in [0, 0.1) is 0 Å². The normalized spacial score (nSPS) is 14.2. The van der Waals surface area contributed by atoms with E-state index in [1.165, 1.54) is 22.6 Å². The highest BCUT2D eigenvalue weighted by Gasteiger charge is 2.25. The maximum absolute atomic E-state index is 6.04. The minimum atomic E-state index is 0. The summed E-state index contributed by atoms with van der Waals surface area (Å²) >= 11 is 0. The molecule has 0 fully saturated rings. The number of fused-ring (bicyclic) bond motifs is 2. The van der Waals surface area contributed by atoms with E-state index in [4.69, 9.17) is 9.40 Å². The fraction of sp³-hybridized carbons (Fsp3) is 0.185. The summed E-state index contributed by atoms with van der Waals surface area (Å²) in [6, 6.07) is 23.1. The van der Waals surface area contributed by atoms with Gasteiger partial charge in [-0.2, -0.15) is 0 Å². The van der Waals surface area contributed by atoms with E-state index in [9.17, 15) is 0 Å². The zero-order valence-electron chi connectivity index (χ0n) is 18.3. The van der Waals surface area contributed by atoms with Crippen LogP contribution in [0.4, 0.5) is 11.4 Å². The Kier molecular flexibility index (Phi) is 6.74. The van der Waals surface area contributed by atoms with Crippen LogP contribution in [-0.4, -0.2) is 4.98 Å². The topological polar surface area (TPSA) is 33.1 Å². The third-order valence-electron chi connectivity index (χ3n) is 5.69. The van der Waals surface area contributed by atoms with Crippen LogP contribution in [0.3, 0.4) is 0 Å². The second-order valence-electron chi connectivity index (χ2n) is 7.89. The lowest BCUT2D eigenvalue weighted by atomic mass is 9.94. The smallest absolute Gasteiger partial charge is 0.370 e. The maximum Gasteiger partial charge on any atom is 0.370 e. The number of nitrogens with zero attached hydrogens (tertiary/aromatic N) is 3. The van der Waals surface area contributed by atoms with Crippen LogP contribution in [0.15, 0.2) is 89.1 Å². The Labute approximate surface area is 205 Å². The molecule has 0 amide bonds. The third kappa shape index (κ3) is 4.21.